The lowest BCUT2D eigenvalue weighted by molar-refractivity contribution is -0.136. The molecular formula is C14H21NO2. The zero-order chi connectivity index (χ0) is 13.0. The first-order valence-corrected chi connectivity index (χ1v) is 5.94. The van der Waals surface area contributed by atoms with Crippen LogP contribution >= 0.6 is 0 Å². The van der Waals surface area contributed by atoms with Crippen molar-refractivity contribution in [3.63, 3.8) is 0 Å². The number of aliphatic carboxylic acids is 1. The Balaban J connectivity index is 2.75. The van der Waals surface area contributed by atoms with Gasteiger partial charge in [-0.2, -0.15) is 0 Å². The molecule has 0 bridgehead atoms. The Labute approximate surface area is 103 Å². The SMILES string of the molecule is Cc1cc(C)c(C(C)NCCC(=O)O)c(C)c1. The molecule has 0 radical (unpaired) electrons. The molecule has 0 aliphatic rings. The normalized spacial score (nSPS) is 12.5. The Bertz CT molecular complexity index is 390. The lowest BCUT2D eigenvalue weighted by atomic mass is 9.95. The molecule has 3 nitrogen and oxygen atoms in total. The number of carboxylic acid groups (broad SMARTS) is 1. The van der Waals surface area contributed by atoms with Crippen LogP contribution in [0.3, 0.4) is 0 Å². The van der Waals surface area contributed by atoms with Crippen LogP contribution in [-0.2, 0) is 4.79 Å². The number of hydrogen-bond acceptors (Lipinski definition) is 2. The summed E-state index contributed by atoms with van der Waals surface area (Å²) in [6.07, 6.45) is 0.161. The Morgan fingerprint density at radius 2 is 1.82 bits per heavy atom. The maximum atomic E-state index is 10.5. The topological polar surface area (TPSA) is 49.3 Å². The van der Waals surface area contributed by atoms with Gasteiger partial charge >= 0.3 is 5.97 Å². The van der Waals surface area contributed by atoms with Crippen molar-refractivity contribution in [2.24, 2.45) is 0 Å². The number of rotatable bonds is 5. The second-order valence-electron chi connectivity index (χ2n) is 4.63. The van der Waals surface area contributed by atoms with Crippen molar-refractivity contribution in [1.29, 1.82) is 0 Å². The third-order valence-electron chi connectivity index (χ3n) is 2.96. The molecule has 0 heterocycles. The molecule has 17 heavy (non-hydrogen) atoms. The van der Waals surface area contributed by atoms with Crippen molar-refractivity contribution in [2.75, 3.05) is 6.54 Å². The number of carbonyl (C=O) groups is 1. The van der Waals surface area contributed by atoms with Crippen LogP contribution < -0.4 is 5.32 Å². The smallest absolute Gasteiger partial charge is 0.304 e. The largest absolute Gasteiger partial charge is 0.481 e. The van der Waals surface area contributed by atoms with Crippen molar-refractivity contribution >= 4 is 5.97 Å². The average molecular weight is 235 g/mol. The van der Waals surface area contributed by atoms with E-state index in [1.165, 1.54) is 22.3 Å². The van der Waals surface area contributed by atoms with E-state index in [0.717, 1.165) is 0 Å². The van der Waals surface area contributed by atoms with E-state index >= 15 is 0 Å². The van der Waals surface area contributed by atoms with Crippen LogP contribution in [0.5, 0.6) is 0 Å². The van der Waals surface area contributed by atoms with E-state index in [1.54, 1.807) is 0 Å². The molecule has 1 unspecified atom stereocenters. The van der Waals surface area contributed by atoms with Gasteiger partial charge in [0.1, 0.15) is 0 Å². The summed E-state index contributed by atoms with van der Waals surface area (Å²) in [7, 11) is 0. The zero-order valence-electron chi connectivity index (χ0n) is 11.0. The van der Waals surface area contributed by atoms with Gasteiger partial charge in [0.2, 0.25) is 0 Å². The molecule has 0 amide bonds. The van der Waals surface area contributed by atoms with Gasteiger partial charge in [0, 0.05) is 12.6 Å². The lowest BCUT2D eigenvalue weighted by Crippen LogP contribution is -2.23. The highest BCUT2D eigenvalue weighted by atomic mass is 16.4. The number of benzene rings is 1. The zero-order valence-corrected chi connectivity index (χ0v) is 11.0. The van der Waals surface area contributed by atoms with E-state index in [4.69, 9.17) is 5.11 Å². The molecule has 1 aromatic carbocycles. The molecule has 0 saturated heterocycles. The summed E-state index contributed by atoms with van der Waals surface area (Å²) in [6, 6.07) is 4.52. The standard InChI is InChI=1S/C14H21NO2/c1-9-7-10(2)14(11(3)8-9)12(4)15-6-5-13(16)17/h7-8,12,15H,5-6H2,1-4H3,(H,16,17). The summed E-state index contributed by atoms with van der Waals surface area (Å²) < 4.78 is 0. The lowest BCUT2D eigenvalue weighted by Gasteiger charge is -2.19. The molecule has 0 aliphatic heterocycles. The van der Waals surface area contributed by atoms with Crippen molar-refractivity contribution < 1.29 is 9.90 Å². The molecule has 3 heteroatoms. The van der Waals surface area contributed by atoms with E-state index in [0.29, 0.717) is 6.54 Å². The van der Waals surface area contributed by atoms with Crippen LogP contribution in [0.1, 0.15) is 41.6 Å². The molecule has 0 aliphatic carbocycles. The first-order chi connectivity index (χ1) is 7.91. The van der Waals surface area contributed by atoms with Gasteiger partial charge in [-0.1, -0.05) is 17.7 Å². The van der Waals surface area contributed by atoms with Crippen LogP contribution in [0.4, 0.5) is 0 Å². The monoisotopic (exact) mass is 235 g/mol. The summed E-state index contributed by atoms with van der Waals surface area (Å²) in [6.45, 7) is 8.87. The molecule has 0 aromatic heterocycles. The first-order valence-electron chi connectivity index (χ1n) is 5.94. The van der Waals surface area contributed by atoms with Gasteiger partial charge < -0.3 is 10.4 Å². The van der Waals surface area contributed by atoms with Gasteiger partial charge in [0.05, 0.1) is 6.42 Å². The molecule has 1 rings (SSSR count). The molecule has 94 valence electrons. The molecule has 0 spiro atoms. The van der Waals surface area contributed by atoms with Crippen LogP contribution in [0, 0.1) is 20.8 Å². The van der Waals surface area contributed by atoms with Crippen LogP contribution in [0.25, 0.3) is 0 Å². The Morgan fingerprint density at radius 3 is 2.29 bits per heavy atom. The van der Waals surface area contributed by atoms with E-state index in [9.17, 15) is 4.79 Å². The molecule has 0 fully saturated rings. The van der Waals surface area contributed by atoms with Gasteiger partial charge in [-0.15, -0.1) is 0 Å². The van der Waals surface area contributed by atoms with Crippen molar-refractivity contribution in [1.82, 2.24) is 5.32 Å². The van der Waals surface area contributed by atoms with E-state index in [1.807, 2.05) is 0 Å². The molecule has 1 aromatic rings. The molecule has 0 saturated carbocycles. The summed E-state index contributed by atoms with van der Waals surface area (Å²) >= 11 is 0. The van der Waals surface area contributed by atoms with Gasteiger partial charge in [-0.3, -0.25) is 4.79 Å². The predicted molar refractivity (Wildman–Crippen MR) is 69.3 cm³/mol. The molecule has 2 N–H and O–H groups in total. The highest BCUT2D eigenvalue weighted by molar-refractivity contribution is 5.66. The van der Waals surface area contributed by atoms with Crippen molar-refractivity contribution in [3.05, 3.63) is 34.4 Å². The minimum atomic E-state index is -0.762. The predicted octanol–water partition coefficient (Wildman–Crippen LogP) is 2.74. The highest BCUT2D eigenvalue weighted by Crippen LogP contribution is 2.23. The average Bonchev–Trinajstić information content (AvgIpc) is 2.14. The fourth-order valence-electron chi connectivity index (χ4n) is 2.37. The molecule has 1 atom stereocenters. The van der Waals surface area contributed by atoms with E-state index in [-0.39, 0.29) is 12.5 Å². The third kappa shape index (κ3) is 3.86. The highest BCUT2D eigenvalue weighted by Gasteiger charge is 2.11. The maximum absolute atomic E-state index is 10.5. The minimum Gasteiger partial charge on any atom is -0.481 e. The van der Waals surface area contributed by atoms with E-state index in [2.05, 4.69) is 45.1 Å². The first kappa shape index (κ1) is 13.7. The fourth-order valence-corrected chi connectivity index (χ4v) is 2.37. The van der Waals surface area contributed by atoms with Gasteiger partial charge in [-0.25, -0.2) is 0 Å². The maximum Gasteiger partial charge on any atom is 0.304 e. The van der Waals surface area contributed by atoms with Gasteiger partial charge in [-0.05, 0) is 44.4 Å². The minimum absolute atomic E-state index is 0.161. The van der Waals surface area contributed by atoms with Crippen LogP contribution in [-0.4, -0.2) is 17.6 Å². The molecular weight excluding hydrogens is 214 g/mol. The Morgan fingerprint density at radius 1 is 1.29 bits per heavy atom. The second kappa shape index (κ2) is 5.82. The van der Waals surface area contributed by atoms with Crippen LogP contribution in [0.15, 0.2) is 12.1 Å². The Hall–Kier alpha value is -1.35. The number of carboxylic acids is 1. The summed E-state index contributed by atoms with van der Waals surface area (Å²) in [5.41, 5.74) is 5.07. The quantitative estimate of drug-likeness (QED) is 0.825. The van der Waals surface area contributed by atoms with Crippen molar-refractivity contribution in [3.8, 4) is 0 Å². The number of aryl methyl sites for hydroxylation is 3. The summed E-state index contributed by atoms with van der Waals surface area (Å²) in [4.78, 5) is 10.5. The Kier molecular flexibility index (Phi) is 4.70. The van der Waals surface area contributed by atoms with Gasteiger partial charge in [0.15, 0.2) is 0 Å². The number of hydrogen-bond donors (Lipinski definition) is 2. The fraction of sp³-hybridized carbons (Fsp3) is 0.500. The summed E-state index contributed by atoms with van der Waals surface area (Å²) in [5, 5.41) is 11.9. The van der Waals surface area contributed by atoms with Crippen LogP contribution in [0.2, 0.25) is 0 Å². The third-order valence-corrected chi connectivity index (χ3v) is 2.96. The van der Waals surface area contributed by atoms with Crippen molar-refractivity contribution in [2.45, 2.75) is 40.2 Å². The van der Waals surface area contributed by atoms with E-state index < -0.39 is 5.97 Å². The summed E-state index contributed by atoms with van der Waals surface area (Å²) in [5.74, 6) is -0.762. The number of nitrogens with one attached hydrogen (secondary N) is 1. The second-order valence-corrected chi connectivity index (χ2v) is 4.63. The van der Waals surface area contributed by atoms with Gasteiger partial charge in [0.25, 0.3) is 0 Å².